The second-order valence-corrected chi connectivity index (χ2v) is 8.52. The molecule has 0 aliphatic heterocycles. The van der Waals surface area contributed by atoms with Crippen LogP contribution in [0.1, 0.15) is 31.9 Å². The van der Waals surface area contributed by atoms with Gasteiger partial charge in [-0.2, -0.15) is 0 Å². The second-order valence-electron chi connectivity index (χ2n) is 8.52. The normalized spacial score (nSPS) is 13.2. The number of benzene rings is 2. The van der Waals surface area contributed by atoms with Crippen molar-refractivity contribution in [2.45, 2.75) is 39.2 Å². The number of allylic oxidation sites excluding steroid dienone is 2. The van der Waals surface area contributed by atoms with E-state index >= 15 is 0 Å². The minimum absolute atomic E-state index is 0.0461. The van der Waals surface area contributed by atoms with Crippen molar-refractivity contribution in [1.29, 1.82) is 0 Å². The number of para-hydroxylation sites is 2. The molecule has 3 rings (SSSR count). The van der Waals surface area contributed by atoms with Gasteiger partial charge in [-0.1, -0.05) is 36.4 Å². The quantitative estimate of drug-likeness (QED) is 0.291. The Morgan fingerprint density at radius 2 is 1.74 bits per heavy atom. The molecule has 8 nitrogen and oxygen atoms in total. The van der Waals surface area contributed by atoms with Crippen LogP contribution in [0.4, 0.5) is 10.5 Å². The Morgan fingerprint density at radius 1 is 1.03 bits per heavy atom. The number of carboxylic acid groups (broad SMARTS) is 1. The van der Waals surface area contributed by atoms with Crippen LogP contribution in [0.5, 0.6) is 0 Å². The predicted molar refractivity (Wildman–Crippen MR) is 133 cm³/mol. The van der Waals surface area contributed by atoms with Crippen molar-refractivity contribution in [1.82, 2.24) is 15.6 Å². The maximum absolute atomic E-state index is 13.1. The van der Waals surface area contributed by atoms with E-state index in [0.717, 1.165) is 33.4 Å². The summed E-state index contributed by atoms with van der Waals surface area (Å²) in [6, 6.07) is 15.3. The lowest BCUT2D eigenvalue weighted by Gasteiger charge is -2.28. The van der Waals surface area contributed by atoms with E-state index in [4.69, 9.17) is 0 Å². The molecule has 1 heterocycles. The van der Waals surface area contributed by atoms with Gasteiger partial charge in [0.1, 0.15) is 5.54 Å². The smallest absolute Gasteiger partial charge is 0.405 e. The number of carbonyl (C=O) groups excluding carboxylic acids is 2. The standard InChI is InChI=1S/C26H30N4O4/c1-17(14-18(2)31)29-22-10-6-4-8-19(22)12-13-27-24(32)26(3,30-25(33)34)15-20-16-28-23-11-7-5-9-21(20)23/h4-11,14,16,28-30H,12-13,15H2,1-3H3,(H,27,32)(H,33,34)/b17-14+. The van der Waals surface area contributed by atoms with Crippen LogP contribution in [0.25, 0.3) is 10.9 Å². The molecule has 0 saturated heterocycles. The number of hydrogen-bond acceptors (Lipinski definition) is 4. The summed E-state index contributed by atoms with van der Waals surface area (Å²) in [5.74, 6) is -0.451. The average molecular weight is 463 g/mol. The van der Waals surface area contributed by atoms with E-state index in [-0.39, 0.29) is 12.2 Å². The van der Waals surface area contributed by atoms with Crippen LogP contribution >= 0.6 is 0 Å². The van der Waals surface area contributed by atoms with E-state index in [2.05, 4.69) is 20.9 Å². The third-order valence-electron chi connectivity index (χ3n) is 5.55. The first-order chi connectivity index (χ1) is 16.2. The topological polar surface area (TPSA) is 123 Å². The highest BCUT2D eigenvalue weighted by Gasteiger charge is 2.35. The van der Waals surface area contributed by atoms with Gasteiger partial charge < -0.3 is 26.0 Å². The minimum Gasteiger partial charge on any atom is -0.465 e. The monoisotopic (exact) mass is 462 g/mol. The Bertz CT molecular complexity index is 1230. The Balaban J connectivity index is 1.70. The molecule has 2 aromatic carbocycles. The molecule has 0 saturated carbocycles. The summed E-state index contributed by atoms with van der Waals surface area (Å²) in [6.07, 6.45) is 2.78. The zero-order valence-corrected chi connectivity index (χ0v) is 19.6. The summed E-state index contributed by atoms with van der Waals surface area (Å²) < 4.78 is 0. The number of H-pyrrole nitrogens is 1. The molecule has 0 spiro atoms. The number of fused-ring (bicyclic) bond motifs is 1. The number of rotatable bonds is 10. The van der Waals surface area contributed by atoms with Gasteiger partial charge >= 0.3 is 6.09 Å². The van der Waals surface area contributed by atoms with Crippen molar-refractivity contribution in [3.8, 4) is 0 Å². The molecular formula is C26H30N4O4. The molecular weight excluding hydrogens is 432 g/mol. The van der Waals surface area contributed by atoms with Crippen LogP contribution < -0.4 is 16.0 Å². The van der Waals surface area contributed by atoms with Crippen LogP contribution in [-0.4, -0.2) is 40.0 Å². The van der Waals surface area contributed by atoms with Gasteiger partial charge in [-0.05, 0) is 56.5 Å². The number of anilines is 1. The largest absolute Gasteiger partial charge is 0.465 e. The van der Waals surface area contributed by atoms with Crippen molar-refractivity contribution in [3.63, 3.8) is 0 Å². The number of ketones is 1. The van der Waals surface area contributed by atoms with Crippen LogP contribution in [0.3, 0.4) is 0 Å². The fourth-order valence-corrected chi connectivity index (χ4v) is 4.00. The first-order valence-electron chi connectivity index (χ1n) is 11.1. The molecule has 34 heavy (non-hydrogen) atoms. The van der Waals surface area contributed by atoms with Crippen molar-refractivity contribution in [2.75, 3.05) is 11.9 Å². The summed E-state index contributed by atoms with van der Waals surface area (Å²) >= 11 is 0. The number of amides is 2. The average Bonchev–Trinajstić information content (AvgIpc) is 3.16. The number of aromatic nitrogens is 1. The van der Waals surface area contributed by atoms with Crippen LogP contribution in [-0.2, 0) is 22.4 Å². The fraction of sp³-hybridized carbons (Fsp3) is 0.269. The van der Waals surface area contributed by atoms with Crippen LogP contribution in [0.2, 0.25) is 0 Å². The Morgan fingerprint density at radius 3 is 2.47 bits per heavy atom. The van der Waals surface area contributed by atoms with Gasteiger partial charge in [0.2, 0.25) is 5.91 Å². The fourth-order valence-electron chi connectivity index (χ4n) is 4.00. The zero-order valence-electron chi connectivity index (χ0n) is 19.6. The molecule has 1 unspecified atom stereocenters. The lowest BCUT2D eigenvalue weighted by Crippen LogP contribution is -2.58. The lowest BCUT2D eigenvalue weighted by molar-refractivity contribution is -0.126. The first kappa shape index (κ1) is 24.6. The van der Waals surface area contributed by atoms with E-state index in [1.54, 1.807) is 13.1 Å². The van der Waals surface area contributed by atoms with Crippen molar-refractivity contribution in [2.24, 2.45) is 0 Å². The van der Waals surface area contributed by atoms with Gasteiger partial charge in [0, 0.05) is 41.4 Å². The Kier molecular flexibility index (Phi) is 7.73. The van der Waals surface area contributed by atoms with Crippen molar-refractivity contribution < 1.29 is 19.5 Å². The van der Waals surface area contributed by atoms with Gasteiger partial charge in [-0.3, -0.25) is 9.59 Å². The summed E-state index contributed by atoms with van der Waals surface area (Å²) in [5, 5.41) is 18.8. The zero-order chi connectivity index (χ0) is 24.7. The molecule has 2 amide bonds. The summed E-state index contributed by atoms with van der Waals surface area (Å²) in [7, 11) is 0. The molecule has 0 aliphatic rings. The predicted octanol–water partition coefficient (Wildman–Crippen LogP) is 4.00. The lowest BCUT2D eigenvalue weighted by atomic mass is 9.91. The summed E-state index contributed by atoms with van der Waals surface area (Å²) in [4.78, 5) is 39.1. The highest BCUT2D eigenvalue weighted by Crippen LogP contribution is 2.23. The van der Waals surface area contributed by atoms with Gasteiger partial charge in [-0.15, -0.1) is 0 Å². The minimum atomic E-state index is -1.35. The maximum Gasteiger partial charge on any atom is 0.405 e. The molecule has 0 radical (unpaired) electrons. The number of aromatic amines is 1. The van der Waals surface area contributed by atoms with Gasteiger partial charge in [0.25, 0.3) is 0 Å². The third kappa shape index (κ3) is 6.25. The van der Waals surface area contributed by atoms with Gasteiger partial charge in [-0.25, -0.2) is 4.79 Å². The van der Waals surface area contributed by atoms with E-state index in [1.807, 2.05) is 55.5 Å². The molecule has 5 N–H and O–H groups in total. The molecule has 1 atom stereocenters. The van der Waals surface area contributed by atoms with E-state index in [9.17, 15) is 19.5 Å². The van der Waals surface area contributed by atoms with E-state index in [0.29, 0.717) is 13.0 Å². The molecule has 0 fully saturated rings. The highest BCUT2D eigenvalue weighted by atomic mass is 16.4. The Labute approximate surface area is 198 Å². The third-order valence-corrected chi connectivity index (χ3v) is 5.55. The first-order valence-corrected chi connectivity index (χ1v) is 11.1. The number of hydrogen-bond donors (Lipinski definition) is 5. The Hall–Kier alpha value is -4.07. The molecule has 0 bridgehead atoms. The van der Waals surface area contributed by atoms with E-state index in [1.165, 1.54) is 13.0 Å². The number of carbonyl (C=O) groups is 3. The molecule has 3 aromatic rings. The van der Waals surface area contributed by atoms with E-state index < -0.39 is 17.5 Å². The van der Waals surface area contributed by atoms with Gasteiger partial charge in [0.15, 0.2) is 5.78 Å². The maximum atomic E-state index is 13.1. The number of nitrogens with one attached hydrogen (secondary N) is 4. The second kappa shape index (κ2) is 10.7. The van der Waals surface area contributed by atoms with Crippen molar-refractivity contribution >= 4 is 34.4 Å². The molecule has 178 valence electrons. The summed E-state index contributed by atoms with van der Waals surface area (Å²) in [5.41, 5.74) is 2.95. The molecule has 0 aliphatic carbocycles. The molecule has 1 aromatic heterocycles. The highest BCUT2D eigenvalue weighted by molar-refractivity contribution is 5.91. The van der Waals surface area contributed by atoms with Crippen LogP contribution in [0, 0.1) is 0 Å². The SMILES string of the molecule is CC(=O)/C=C(\C)Nc1ccccc1CCNC(=O)C(C)(Cc1c[nH]c2ccccc12)NC(=O)O. The van der Waals surface area contributed by atoms with Gasteiger partial charge in [0.05, 0.1) is 0 Å². The van der Waals surface area contributed by atoms with Crippen molar-refractivity contribution in [3.05, 3.63) is 77.6 Å². The van der Waals surface area contributed by atoms with Crippen LogP contribution in [0.15, 0.2) is 66.5 Å². The molecule has 8 heteroatoms. The summed E-state index contributed by atoms with van der Waals surface area (Å²) in [6.45, 7) is 5.21.